The van der Waals surface area contributed by atoms with Gasteiger partial charge in [-0.1, -0.05) is 29.3 Å². The van der Waals surface area contributed by atoms with Crippen molar-refractivity contribution in [2.24, 2.45) is 4.99 Å². The molecule has 0 radical (unpaired) electrons. The molecule has 2 aliphatic heterocycles. The number of aliphatic hydroxyl groups is 1. The zero-order valence-electron chi connectivity index (χ0n) is 10.1. The van der Waals surface area contributed by atoms with E-state index in [1.54, 1.807) is 24.4 Å². The zero-order chi connectivity index (χ0) is 14.7. The third kappa shape index (κ3) is 2.69. The normalized spacial score (nSPS) is 17.1. The Bertz CT molecular complexity index is 588. The van der Waals surface area contributed by atoms with Gasteiger partial charge in [0.1, 0.15) is 10.3 Å². The molecule has 0 atom stereocenters. The van der Waals surface area contributed by atoms with E-state index < -0.39 is 4.92 Å². The van der Waals surface area contributed by atoms with E-state index in [0.717, 1.165) is 0 Å². The quantitative estimate of drug-likeness (QED) is 0.605. The highest BCUT2D eigenvalue weighted by molar-refractivity contribution is 6.56. The minimum atomic E-state index is -0.619. The standard InChI is InChI=1S/C11H10Cl2N4O3/c12-10(13)8-9(17(19)20)11(14-4-6-18)15-7-3-1-2-5-16(7)8/h1-3,5,14,18H,4,6H2. The Kier molecular flexibility index (Phi) is 4.43. The fourth-order valence-corrected chi connectivity index (χ4v) is 2.12. The van der Waals surface area contributed by atoms with Crippen molar-refractivity contribution in [1.82, 2.24) is 10.2 Å². The molecular formula is C11H10Cl2N4O3. The van der Waals surface area contributed by atoms with Crippen LogP contribution in [0.25, 0.3) is 0 Å². The van der Waals surface area contributed by atoms with Gasteiger partial charge in [0.25, 0.3) is 0 Å². The van der Waals surface area contributed by atoms with Gasteiger partial charge in [0.2, 0.25) is 5.82 Å². The highest BCUT2D eigenvalue weighted by Crippen LogP contribution is 2.32. The van der Waals surface area contributed by atoms with Crippen LogP contribution in [0.2, 0.25) is 0 Å². The number of nitrogens with zero attached hydrogens (tertiary/aromatic N) is 3. The lowest BCUT2D eigenvalue weighted by Gasteiger charge is -2.27. The summed E-state index contributed by atoms with van der Waals surface area (Å²) in [6.45, 7) is -0.0668. The number of aliphatic hydroxyl groups excluding tert-OH is 1. The van der Waals surface area contributed by atoms with E-state index in [2.05, 4.69) is 10.3 Å². The van der Waals surface area contributed by atoms with E-state index in [0.29, 0.717) is 5.84 Å². The summed E-state index contributed by atoms with van der Waals surface area (Å²) in [5.41, 5.74) is -0.313. The number of nitrogens with one attached hydrogen (secondary N) is 1. The molecule has 106 valence electrons. The number of nitro groups is 1. The molecule has 0 aromatic rings. The van der Waals surface area contributed by atoms with Crippen LogP contribution < -0.4 is 5.32 Å². The molecule has 2 rings (SSSR count). The van der Waals surface area contributed by atoms with Crippen LogP contribution in [0.1, 0.15) is 0 Å². The lowest BCUT2D eigenvalue weighted by molar-refractivity contribution is -0.424. The highest BCUT2D eigenvalue weighted by Gasteiger charge is 2.36. The number of aliphatic imine (C=N–C) groups is 1. The van der Waals surface area contributed by atoms with Crippen molar-refractivity contribution in [2.45, 2.75) is 0 Å². The third-order valence-corrected chi connectivity index (χ3v) is 2.88. The van der Waals surface area contributed by atoms with Crippen molar-refractivity contribution >= 4 is 29.0 Å². The van der Waals surface area contributed by atoms with Crippen molar-refractivity contribution in [1.29, 1.82) is 0 Å². The van der Waals surface area contributed by atoms with Crippen molar-refractivity contribution < 1.29 is 10.0 Å². The number of amidine groups is 1. The molecule has 0 fully saturated rings. The number of rotatable bonds is 4. The van der Waals surface area contributed by atoms with Crippen molar-refractivity contribution in [3.05, 3.63) is 56.2 Å². The highest BCUT2D eigenvalue weighted by atomic mass is 35.5. The molecule has 2 aliphatic rings. The van der Waals surface area contributed by atoms with E-state index >= 15 is 0 Å². The Morgan fingerprint density at radius 1 is 1.50 bits per heavy atom. The molecular weight excluding hydrogens is 307 g/mol. The first kappa shape index (κ1) is 14.6. The number of allylic oxidation sites excluding steroid dienone is 2. The second-order valence-electron chi connectivity index (χ2n) is 3.75. The van der Waals surface area contributed by atoms with Gasteiger partial charge in [-0.25, -0.2) is 4.99 Å². The third-order valence-electron chi connectivity index (χ3n) is 2.52. The summed E-state index contributed by atoms with van der Waals surface area (Å²) in [4.78, 5) is 16.2. The summed E-state index contributed by atoms with van der Waals surface area (Å²) in [6.07, 6.45) is 6.65. The Labute approximate surface area is 124 Å². The van der Waals surface area contributed by atoms with Crippen LogP contribution in [0.15, 0.2) is 51.1 Å². The molecule has 0 aromatic heterocycles. The maximum Gasteiger partial charge on any atom is 0.337 e. The maximum atomic E-state index is 11.3. The van der Waals surface area contributed by atoms with E-state index in [1.807, 2.05) is 0 Å². The van der Waals surface area contributed by atoms with Crippen LogP contribution in [0.4, 0.5) is 0 Å². The summed E-state index contributed by atoms with van der Waals surface area (Å²) >= 11 is 11.6. The Balaban J connectivity index is 2.59. The predicted octanol–water partition coefficient (Wildman–Crippen LogP) is 1.46. The minimum Gasteiger partial charge on any atom is -0.395 e. The predicted molar refractivity (Wildman–Crippen MR) is 75.4 cm³/mol. The van der Waals surface area contributed by atoms with Crippen molar-refractivity contribution in [3.63, 3.8) is 0 Å². The Morgan fingerprint density at radius 3 is 2.85 bits per heavy atom. The van der Waals surface area contributed by atoms with E-state index in [1.165, 1.54) is 4.90 Å². The Morgan fingerprint density at radius 2 is 2.25 bits per heavy atom. The van der Waals surface area contributed by atoms with Crippen LogP contribution in [0.3, 0.4) is 0 Å². The number of hydrogen-bond donors (Lipinski definition) is 2. The van der Waals surface area contributed by atoms with Crippen molar-refractivity contribution in [2.75, 3.05) is 13.2 Å². The fourth-order valence-electron chi connectivity index (χ4n) is 1.76. The molecule has 7 nitrogen and oxygen atoms in total. The molecule has 0 bridgehead atoms. The van der Waals surface area contributed by atoms with Crippen LogP contribution in [0, 0.1) is 10.1 Å². The van der Waals surface area contributed by atoms with Gasteiger partial charge < -0.3 is 10.4 Å². The molecule has 0 saturated carbocycles. The largest absolute Gasteiger partial charge is 0.395 e. The number of fused-ring (bicyclic) bond motifs is 1. The van der Waals surface area contributed by atoms with Crippen LogP contribution in [-0.2, 0) is 0 Å². The van der Waals surface area contributed by atoms with Gasteiger partial charge in [-0.2, -0.15) is 0 Å². The average molecular weight is 317 g/mol. The molecule has 0 unspecified atom stereocenters. The number of hydrogen-bond acceptors (Lipinski definition) is 6. The first-order chi connectivity index (χ1) is 9.56. The van der Waals surface area contributed by atoms with Crippen LogP contribution in [-0.4, -0.2) is 33.9 Å². The first-order valence-corrected chi connectivity index (χ1v) is 6.33. The molecule has 2 N–H and O–H groups in total. The van der Waals surface area contributed by atoms with Gasteiger partial charge in [-0.05, 0) is 12.2 Å². The summed E-state index contributed by atoms with van der Waals surface area (Å²) in [7, 11) is 0. The van der Waals surface area contributed by atoms with E-state index in [-0.39, 0.29) is 34.9 Å². The Hall–Kier alpha value is -1.83. The summed E-state index contributed by atoms with van der Waals surface area (Å²) in [6, 6.07) is 0. The maximum absolute atomic E-state index is 11.3. The summed E-state index contributed by atoms with van der Waals surface area (Å²) < 4.78 is -0.243. The second kappa shape index (κ2) is 6.08. The van der Waals surface area contributed by atoms with Gasteiger partial charge in [0.15, 0.2) is 5.70 Å². The molecule has 0 aliphatic carbocycles. The molecule has 2 heterocycles. The van der Waals surface area contributed by atoms with Gasteiger partial charge in [-0.15, -0.1) is 0 Å². The van der Waals surface area contributed by atoms with Crippen LogP contribution >= 0.6 is 23.2 Å². The van der Waals surface area contributed by atoms with Crippen molar-refractivity contribution in [3.8, 4) is 0 Å². The first-order valence-electron chi connectivity index (χ1n) is 5.58. The smallest absolute Gasteiger partial charge is 0.337 e. The lowest BCUT2D eigenvalue weighted by atomic mass is 10.2. The molecule has 0 spiro atoms. The molecule has 0 saturated heterocycles. The number of halogens is 2. The van der Waals surface area contributed by atoms with Gasteiger partial charge >= 0.3 is 5.70 Å². The zero-order valence-corrected chi connectivity index (χ0v) is 11.6. The monoisotopic (exact) mass is 316 g/mol. The minimum absolute atomic E-state index is 0.00375. The van der Waals surface area contributed by atoms with Gasteiger partial charge in [-0.3, -0.25) is 15.0 Å². The topological polar surface area (TPSA) is 91.0 Å². The summed E-state index contributed by atoms with van der Waals surface area (Å²) in [5.74, 6) is 0.441. The fraction of sp³-hybridized carbons (Fsp3) is 0.182. The second-order valence-corrected chi connectivity index (χ2v) is 4.70. The molecule has 9 heteroatoms. The SMILES string of the molecule is O=[N+]([O-])C1=C(NCCO)N=C2C=CC=CN2C1=C(Cl)Cl. The van der Waals surface area contributed by atoms with E-state index in [9.17, 15) is 10.1 Å². The van der Waals surface area contributed by atoms with Gasteiger partial charge in [0.05, 0.1) is 11.5 Å². The molecule has 20 heavy (non-hydrogen) atoms. The van der Waals surface area contributed by atoms with Gasteiger partial charge in [0, 0.05) is 12.7 Å². The van der Waals surface area contributed by atoms with E-state index in [4.69, 9.17) is 28.3 Å². The molecule has 0 amide bonds. The summed E-state index contributed by atoms with van der Waals surface area (Å²) in [5, 5.41) is 22.8. The average Bonchev–Trinajstić information content (AvgIpc) is 2.42. The lowest BCUT2D eigenvalue weighted by Crippen LogP contribution is -2.35. The van der Waals surface area contributed by atoms with Crippen LogP contribution in [0.5, 0.6) is 0 Å². The molecule has 0 aromatic carbocycles.